The number of aromatic amines is 2. The normalized spacial score (nSPS) is 11.0. The fraction of sp³-hybridized carbons (Fsp3) is 0.143. The number of aromatic nitrogens is 3. The van der Waals surface area contributed by atoms with Crippen molar-refractivity contribution in [3.63, 3.8) is 0 Å². The van der Waals surface area contributed by atoms with Gasteiger partial charge in [-0.2, -0.15) is 0 Å². The van der Waals surface area contributed by atoms with Crippen molar-refractivity contribution in [2.75, 3.05) is 7.11 Å². The molecule has 0 spiro atoms. The van der Waals surface area contributed by atoms with Gasteiger partial charge in [-0.1, -0.05) is 30.3 Å². The van der Waals surface area contributed by atoms with Crippen LogP contribution in [0.5, 0.6) is 11.6 Å². The number of phenols is 1. The molecule has 0 bridgehead atoms. The Labute approximate surface area is 155 Å². The highest BCUT2D eigenvalue weighted by Crippen LogP contribution is 2.23. The molecule has 0 unspecified atom stereocenters. The van der Waals surface area contributed by atoms with Gasteiger partial charge in [-0.05, 0) is 29.3 Å². The highest BCUT2D eigenvalue weighted by atomic mass is 16.5. The molecule has 0 aliphatic carbocycles. The third kappa shape index (κ3) is 3.42. The third-order valence-electron chi connectivity index (χ3n) is 4.56. The number of hydrogen-bond donors (Lipinski definition) is 3. The largest absolute Gasteiger partial charge is 0.508 e. The molecule has 2 aromatic carbocycles. The topological polar surface area (TPSA) is 91.0 Å². The van der Waals surface area contributed by atoms with E-state index in [4.69, 9.17) is 4.74 Å². The number of nitrogens with zero attached hydrogens (tertiary/aromatic N) is 1. The number of rotatable bonds is 5. The average Bonchev–Trinajstić information content (AvgIpc) is 3.08. The summed E-state index contributed by atoms with van der Waals surface area (Å²) in [6, 6.07) is 14.7. The van der Waals surface area contributed by atoms with Crippen LogP contribution in [0.2, 0.25) is 0 Å². The lowest BCUT2D eigenvalue weighted by atomic mass is 10.1. The second-order valence-electron chi connectivity index (χ2n) is 6.38. The number of H-pyrrole nitrogens is 2. The molecule has 0 aliphatic rings. The predicted octanol–water partition coefficient (Wildman–Crippen LogP) is 3.15. The van der Waals surface area contributed by atoms with Gasteiger partial charge in [0.1, 0.15) is 11.4 Å². The molecule has 3 N–H and O–H groups in total. The number of para-hydroxylation sites is 1. The standard InChI is InChI=1S/C21H19N3O3/c1-27-21-19(11-14-12-22-17-5-3-2-4-16(14)17)23-20(26)18(24-21)10-13-6-8-15(25)9-7-13/h2-9,12,22,25H,10-11H2,1H3,(H,23,26). The molecule has 0 aliphatic heterocycles. The number of fused-ring (bicyclic) bond motifs is 1. The van der Waals surface area contributed by atoms with E-state index in [9.17, 15) is 9.90 Å². The Kier molecular flexibility index (Phi) is 4.38. The maximum Gasteiger partial charge on any atom is 0.270 e. The number of phenolic OH excluding ortho intramolecular Hbond substituents is 1. The molecular formula is C21H19N3O3. The predicted molar refractivity (Wildman–Crippen MR) is 103 cm³/mol. The van der Waals surface area contributed by atoms with Gasteiger partial charge in [0, 0.05) is 29.9 Å². The summed E-state index contributed by atoms with van der Waals surface area (Å²) in [5, 5.41) is 10.5. The Balaban J connectivity index is 1.67. The van der Waals surface area contributed by atoms with Crippen molar-refractivity contribution in [1.82, 2.24) is 15.0 Å². The molecule has 2 heterocycles. The Morgan fingerprint density at radius 2 is 1.85 bits per heavy atom. The summed E-state index contributed by atoms with van der Waals surface area (Å²) in [4.78, 5) is 23.1. The fourth-order valence-electron chi connectivity index (χ4n) is 3.19. The van der Waals surface area contributed by atoms with Crippen LogP contribution in [-0.4, -0.2) is 27.2 Å². The Bertz CT molecular complexity index is 1140. The minimum Gasteiger partial charge on any atom is -0.508 e. The van der Waals surface area contributed by atoms with Crippen molar-refractivity contribution < 1.29 is 9.84 Å². The van der Waals surface area contributed by atoms with E-state index in [-0.39, 0.29) is 11.3 Å². The van der Waals surface area contributed by atoms with Gasteiger partial charge in [0.2, 0.25) is 5.88 Å². The van der Waals surface area contributed by atoms with E-state index in [1.807, 2.05) is 30.5 Å². The maximum absolute atomic E-state index is 12.5. The van der Waals surface area contributed by atoms with Crippen molar-refractivity contribution in [2.45, 2.75) is 12.8 Å². The first kappa shape index (κ1) is 16.9. The van der Waals surface area contributed by atoms with Crippen LogP contribution < -0.4 is 10.3 Å². The van der Waals surface area contributed by atoms with Crippen LogP contribution in [0.4, 0.5) is 0 Å². The van der Waals surface area contributed by atoms with Crippen LogP contribution >= 0.6 is 0 Å². The third-order valence-corrected chi connectivity index (χ3v) is 4.56. The smallest absolute Gasteiger partial charge is 0.270 e. The van der Waals surface area contributed by atoms with Crippen LogP contribution in [0, 0.1) is 0 Å². The summed E-state index contributed by atoms with van der Waals surface area (Å²) in [6.45, 7) is 0. The quantitative estimate of drug-likeness (QED) is 0.509. The molecule has 2 aromatic heterocycles. The van der Waals surface area contributed by atoms with E-state index in [0.717, 1.165) is 22.0 Å². The van der Waals surface area contributed by atoms with E-state index >= 15 is 0 Å². The van der Waals surface area contributed by atoms with E-state index in [1.165, 1.54) is 0 Å². The molecule has 6 nitrogen and oxygen atoms in total. The van der Waals surface area contributed by atoms with Gasteiger partial charge in [-0.25, -0.2) is 4.98 Å². The second-order valence-corrected chi connectivity index (χ2v) is 6.38. The van der Waals surface area contributed by atoms with Gasteiger partial charge in [0.25, 0.3) is 5.56 Å². The molecule has 27 heavy (non-hydrogen) atoms. The monoisotopic (exact) mass is 361 g/mol. The number of benzene rings is 2. The molecule has 0 saturated carbocycles. The molecule has 4 rings (SSSR count). The summed E-state index contributed by atoms with van der Waals surface area (Å²) in [6.07, 6.45) is 2.81. The average molecular weight is 361 g/mol. The summed E-state index contributed by atoms with van der Waals surface area (Å²) < 4.78 is 5.43. The Morgan fingerprint density at radius 1 is 1.07 bits per heavy atom. The number of hydrogen-bond acceptors (Lipinski definition) is 4. The summed E-state index contributed by atoms with van der Waals surface area (Å²) >= 11 is 0. The van der Waals surface area contributed by atoms with Gasteiger partial charge in [0.05, 0.1) is 12.8 Å². The van der Waals surface area contributed by atoms with Gasteiger partial charge in [0.15, 0.2) is 0 Å². The van der Waals surface area contributed by atoms with Crippen molar-refractivity contribution in [1.29, 1.82) is 0 Å². The van der Waals surface area contributed by atoms with E-state index in [2.05, 4.69) is 15.0 Å². The SMILES string of the molecule is COc1nc(Cc2ccc(O)cc2)c(=O)[nH]c1Cc1c[nH]c2ccccc12. The van der Waals surface area contributed by atoms with Crippen LogP contribution in [0.3, 0.4) is 0 Å². The lowest BCUT2D eigenvalue weighted by molar-refractivity contribution is 0.388. The van der Waals surface area contributed by atoms with Gasteiger partial charge in [-0.3, -0.25) is 4.79 Å². The Hall–Kier alpha value is -3.54. The van der Waals surface area contributed by atoms with E-state index in [0.29, 0.717) is 30.1 Å². The highest BCUT2D eigenvalue weighted by Gasteiger charge is 2.14. The first-order valence-corrected chi connectivity index (χ1v) is 8.63. The summed E-state index contributed by atoms with van der Waals surface area (Å²) in [7, 11) is 1.55. The zero-order chi connectivity index (χ0) is 18.8. The molecule has 0 fully saturated rings. The van der Waals surface area contributed by atoms with Gasteiger partial charge < -0.3 is 19.8 Å². The molecule has 0 radical (unpaired) electrons. The zero-order valence-corrected chi connectivity index (χ0v) is 14.8. The molecule has 0 saturated heterocycles. The molecular weight excluding hydrogens is 342 g/mol. The lowest BCUT2D eigenvalue weighted by Gasteiger charge is -2.09. The minimum atomic E-state index is -0.237. The number of aromatic hydroxyl groups is 1. The molecule has 136 valence electrons. The van der Waals surface area contributed by atoms with E-state index < -0.39 is 0 Å². The van der Waals surface area contributed by atoms with E-state index in [1.54, 1.807) is 31.4 Å². The number of nitrogens with one attached hydrogen (secondary N) is 2. The van der Waals surface area contributed by atoms with Crippen molar-refractivity contribution >= 4 is 10.9 Å². The lowest BCUT2D eigenvalue weighted by Crippen LogP contribution is -2.19. The van der Waals surface area contributed by atoms with Crippen LogP contribution in [-0.2, 0) is 12.8 Å². The maximum atomic E-state index is 12.5. The van der Waals surface area contributed by atoms with Crippen molar-refractivity contribution in [3.8, 4) is 11.6 Å². The van der Waals surface area contributed by atoms with Crippen LogP contribution in [0.15, 0.2) is 59.5 Å². The zero-order valence-electron chi connectivity index (χ0n) is 14.8. The van der Waals surface area contributed by atoms with Crippen LogP contribution in [0.25, 0.3) is 10.9 Å². The molecule has 0 atom stereocenters. The summed E-state index contributed by atoms with van der Waals surface area (Å²) in [5.74, 6) is 0.598. The van der Waals surface area contributed by atoms with Crippen LogP contribution in [0.1, 0.15) is 22.5 Å². The Morgan fingerprint density at radius 3 is 2.63 bits per heavy atom. The highest BCUT2D eigenvalue weighted by molar-refractivity contribution is 5.83. The minimum absolute atomic E-state index is 0.187. The molecule has 6 heteroatoms. The summed E-state index contributed by atoms with van der Waals surface area (Å²) in [5.41, 5.74) is 3.77. The number of methoxy groups -OCH3 is 1. The van der Waals surface area contributed by atoms with Crippen molar-refractivity contribution in [3.05, 3.63) is 87.6 Å². The fourth-order valence-corrected chi connectivity index (χ4v) is 3.19. The second kappa shape index (κ2) is 6.99. The van der Waals surface area contributed by atoms with Gasteiger partial charge >= 0.3 is 0 Å². The van der Waals surface area contributed by atoms with Crippen molar-refractivity contribution in [2.24, 2.45) is 0 Å². The van der Waals surface area contributed by atoms with Gasteiger partial charge in [-0.15, -0.1) is 0 Å². The molecule has 0 amide bonds. The first-order chi connectivity index (χ1) is 13.1. The number of ether oxygens (including phenoxy) is 1. The first-order valence-electron chi connectivity index (χ1n) is 8.63. The molecule has 4 aromatic rings.